The number of nitrogens with one attached hydrogen (secondary N) is 1. The molecular formula is C27H24N2O3S2. The molecule has 4 rings (SSSR count). The first-order valence-corrected chi connectivity index (χ1v) is 12.1. The fourth-order valence-corrected chi connectivity index (χ4v) is 4.75. The summed E-state index contributed by atoms with van der Waals surface area (Å²) in [5.41, 5.74) is 3.79. The number of nitrogens with zero attached hydrogens (tertiary/aromatic N) is 1. The lowest BCUT2D eigenvalue weighted by Gasteiger charge is -2.14. The number of aryl methyl sites for hydroxylation is 1. The van der Waals surface area contributed by atoms with E-state index in [1.165, 1.54) is 17.3 Å². The van der Waals surface area contributed by atoms with E-state index in [0.717, 1.165) is 23.2 Å². The van der Waals surface area contributed by atoms with E-state index in [1.54, 1.807) is 17.0 Å². The SMILES string of the molecule is Cc1ccccc1NC(=O)COc1ccc(/C=C2\SC(=S)N(CCc3ccccc3)C2=O)cc1. The molecule has 2 amide bonds. The van der Waals surface area contributed by atoms with Crippen LogP contribution in [-0.4, -0.2) is 34.2 Å². The molecule has 0 spiro atoms. The third-order valence-electron chi connectivity index (χ3n) is 5.31. The molecule has 0 bridgehead atoms. The summed E-state index contributed by atoms with van der Waals surface area (Å²) >= 11 is 6.75. The van der Waals surface area contributed by atoms with Gasteiger partial charge >= 0.3 is 0 Å². The van der Waals surface area contributed by atoms with Crippen molar-refractivity contribution in [2.24, 2.45) is 0 Å². The van der Waals surface area contributed by atoms with Gasteiger partial charge in [0.05, 0.1) is 4.91 Å². The van der Waals surface area contributed by atoms with Crippen LogP contribution in [-0.2, 0) is 16.0 Å². The average molecular weight is 489 g/mol. The van der Waals surface area contributed by atoms with Gasteiger partial charge in [0.1, 0.15) is 10.1 Å². The minimum absolute atomic E-state index is 0.0702. The highest BCUT2D eigenvalue weighted by atomic mass is 32.2. The molecule has 172 valence electrons. The fraction of sp³-hybridized carbons (Fsp3) is 0.148. The highest BCUT2D eigenvalue weighted by Crippen LogP contribution is 2.33. The van der Waals surface area contributed by atoms with E-state index < -0.39 is 0 Å². The van der Waals surface area contributed by atoms with Crippen molar-refractivity contribution < 1.29 is 14.3 Å². The Hall–Kier alpha value is -3.42. The van der Waals surface area contributed by atoms with Crippen molar-refractivity contribution >= 4 is 51.9 Å². The number of carbonyl (C=O) groups excluding carboxylic acids is 2. The van der Waals surface area contributed by atoms with Gasteiger partial charge in [-0.25, -0.2) is 0 Å². The number of thioether (sulfide) groups is 1. The van der Waals surface area contributed by atoms with Crippen molar-refractivity contribution in [2.45, 2.75) is 13.3 Å². The van der Waals surface area contributed by atoms with Crippen molar-refractivity contribution in [1.82, 2.24) is 4.90 Å². The maximum atomic E-state index is 12.8. The number of anilines is 1. The number of para-hydroxylation sites is 1. The van der Waals surface area contributed by atoms with Gasteiger partial charge in [-0.1, -0.05) is 84.6 Å². The lowest BCUT2D eigenvalue weighted by molar-refractivity contribution is -0.122. The number of thiocarbonyl (C=S) groups is 1. The summed E-state index contributed by atoms with van der Waals surface area (Å²) in [5, 5.41) is 2.84. The highest BCUT2D eigenvalue weighted by Gasteiger charge is 2.31. The van der Waals surface area contributed by atoms with E-state index in [-0.39, 0.29) is 18.4 Å². The summed E-state index contributed by atoms with van der Waals surface area (Å²) in [5.74, 6) is 0.282. The quantitative estimate of drug-likeness (QED) is 0.337. The van der Waals surface area contributed by atoms with Gasteiger partial charge in [-0.2, -0.15) is 0 Å². The summed E-state index contributed by atoms with van der Waals surface area (Å²) < 4.78 is 6.18. The average Bonchev–Trinajstić information content (AvgIpc) is 3.11. The van der Waals surface area contributed by atoms with E-state index in [9.17, 15) is 9.59 Å². The molecule has 5 nitrogen and oxygen atoms in total. The Morgan fingerprint density at radius 1 is 1.03 bits per heavy atom. The zero-order valence-electron chi connectivity index (χ0n) is 18.7. The third-order valence-corrected chi connectivity index (χ3v) is 6.69. The molecule has 1 aliphatic rings. The first kappa shape index (κ1) is 23.7. The number of carbonyl (C=O) groups is 2. The van der Waals surface area contributed by atoms with Crippen LogP contribution in [0.25, 0.3) is 6.08 Å². The number of hydrogen-bond donors (Lipinski definition) is 1. The minimum atomic E-state index is -0.224. The molecule has 1 fully saturated rings. The molecule has 1 aliphatic heterocycles. The second kappa shape index (κ2) is 11.1. The predicted molar refractivity (Wildman–Crippen MR) is 142 cm³/mol. The van der Waals surface area contributed by atoms with Crippen LogP contribution < -0.4 is 10.1 Å². The predicted octanol–water partition coefficient (Wildman–Crippen LogP) is 5.46. The summed E-state index contributed by atoms with van der Waals surface area (Å²) in [6.45, 7) is 2.41. The Kier molecular flexibility index (Phi) is 7.77. The summed E-state index contributed by atoms with van der Waals surface area (Å²) in [6.07, 6.45) is 2.58. The second-order valence-electron chi connectivity index (χ2n) is 7.79. The minimum Gasteiger partial charge on any atom is -0.484 e. The van der Waals surface area contributed by atoms with Crippen LogP contribution in [0.15, 0.2) is 83.8 Å². The molecule has 3 aromatic carbocycles. The smallest absolute Gasteiger partial charge is 0.266 e. The van der Waals surface area contributed by atoms with Gasteiger partial charge in [0, 0.05) is 12.2 Å². The van der Waals surface area contributed by atoms with Crippen molar-refractivity contribution in [1.29, 1.82) is 0 Å². The molecule has 0 atom stereocenters. The Morgan fingerprint density at radius 2 is 1.74 bits per heavy atom. The Labute approximate surface area is 208 Å². The van der Waals surface area contributed by atoms with Gasteiger partial charge in [-0.3, -0.25) is 14.5 Å². The maximum Gasteiger partial charge on any atom is 0.266 e. The molecule has 0 saturated carbocycles. The molecule has 34 heavy (non-hydrogen) atoms. The van der Waals surface area contributed by atoms with Gasteiger partial charge in [0.25, 0.3) is 11.8 Å². The number of rotatable bonds is 8. The lowest BCUT2D eigenvalue weighted by atomic mass is 10.1. The van der Waals surface area contributed by atoms with Crippen LogP contribution in [0.4, 0.5) is 5.69 Å². The van der Waals surface area contributed by atoms with Crippen molar-refractivity contribution in [2.75, 3.05) is 18.5 Å². The van der Waals surface area contributed by atoms with E-state index in [2.05, 4.69) is 5.32 Å². The Balaban J connectivity index is 1.31. The van der Waals surface area contributed by atoms with Crippen molar-refractivity contribution in [3.63, 3.8) is 0 Å². The molecule has 1 saturated heterocycles. The number of hydrogen-bond acceptors (Lipinski definition) is 5. The van der Waals surface area contributed by atoms with E-state index >= 15 is 0 Å². The molecule has 3 aromatic rings. The second-order valence-corrected chi connectivity index (χ2v) is 9.47. The van der Waals surface area contributed by atoms with Crippen molar-refractivity contribution in [3.8, 4) is 5.75 Å². The Morgan fingerprint density at radius 3 is 2.47 bits per heavy atom. The van der Waals surface area contributed by atoms with E-state index in [0.29, 0.717) is 21.5 Å². The van der Waals surface area contributed by atoms with Gasteiger partial charge < -0.3 is 10.1 Å². The Bertz CT molecular complexity index is 1220. The zero-order chi connectivity index (χ0) is 23.9. The van der Waals surface area contributed by atoms with Gasteiger partial charge in [0.2, 0.25) is 0 Å². The largest absolute Gasteiger partial charge is 0.484 e. The number of benzene rings is 3. The highest BCUT2D eigenvalue weighted by molar-refractivity contribution is 8.26. The van der Waals surface area contributed by atoms with E-state index in [4.69, 9.17) is 17.0 Å². The van der Waals surface area contributed by atoms with Crippen molar-refractivity contribution in [3.05, 3.63) is 100 Å². The molecule has 0 aliphatic carbocycles. The van der Waals surface area contributed by atoms with E-state index in [1.807, 2.05) is 79.7 Å². The first-order chi connectivity index (χ1) is 16.5. The summed E-state index contributed by atoms with van der Waals surface area (Å²) in [4.78, 5) is 27.3. The number of ether oxygens (including phenoxy) is 1. The van der Waals surface area contributed by atoms with Crippen LogP contribution in [0.3, 0.4) is 0 Å². The van der Waals surface area contributed by atoms with Crippen LogP contribution >= 0.6 is 24.0 Å². The monoisotopic (exact) mass is 488 g/mol. The standard InChI is InChI=1S/C27H24N2O3S2/c1-19-7-5-6-10-23(19)28-25(30)18-32-22-13-11-21(12-14-22)17-24-26(31)29(27(33)34-24)16-15-20-8-3-2-4-9-20/h2-14,17H,15-16,18H2,1H3,(H,28,30)/b24-17-. The summed E-state index contributed by atoms with van der Waals surface area (Å²) in [6, 6.07) is 24.9. The van der Waals surface area contributed by atoms with Crippen LogP contribution in [0.2, 0.25) is 0 Å². The van der Waals surface area contributed by atoms with Crippen LogP contribution in [0.1, 0.15) is 16.7 Å². The molecule has 0 unspecified atom stereocenters. The number of amides is 2. The zero-order valence-corrected chi connectivity index (χ0v) is 20.3. The maximum absolute atomic E-state index is 12.8. The third kappa shape index (κ3) is 6.12. The normalized spacial score (nSPS) is 14.5. The lowest BCUT2D eigenvalue weighted by Crippen LogP contribution is -2.30. The van der Waals surface area contributed by atoms with Crippen LogP contribution in [0.5, 0.6) is 5.75 Å². The fourth-order valence-electron chi connectivity index (χ4n) is 3.44. The summed E-state index contributed by atoms with van der Waals surface area (Å²) in [7, 11) is 0. The van der Waals surface area contributed by atoms with Crippen LogP contribution in [0, 0.1) is 6.92 Å². The van der Waals surface area contributed by atoms with Gasteiger partial charge in [0.15, 0.2) is 6.61 Å². The molecular weight excluding hydrogens is 464 g/mol. The topological polar surface area (TPSA) is 58.6 Å². The molecule has 1 N–H and O–H groups in total. The molecule has 0 aromatic heterocycles. The molecule has 7 heteroatoms. The first-order valence-electron chi connectivity index (χ1n) is 10.9. The molecule has 0 radical (unpaired) electrons. The van der Waals surface area contributed by atoms with Gasteiger partial charge in [-0.15, -0.1) is 0 Å². The van der Waals surface area contributed by atoms with Gasteiger partial charge in [-0.05, 0) is 54.3 Å². The molecule has 1 heterocycles.